The first-order chi connectivity index (χ1) is 10.0. The Hall–Kier alpha value is -0.120. The Morgan fingerprint density at radius 2 is 1.95 bits per heavy atom. The summed E-state index contributed by atoms with van der Waals surface area (Å²) in [4.78, 5) is 2.79. The van der Waals surface area contributed by atoms with Crippen LogP contribution in [0.5, 0.6) is 0 Å². The molecule has 0 radical (unpaired) electrons. The second-order valence-corrected chi connectivity index (χ2v) is 8.10. The maximum atomic E-state index is 5.30. The van der Waals surface area contributed by atoms with Gasteiger partial charge in [0.15, 0.2) is 0 Å². The zero-order chi connectivity index (χ0) is 15.3. The van der Waals surface area contributed by atoms with Crippen molar-refractivity contribution in [1.29, 1.82) is 0 Å². The van der Waals surface area contributed by atoms with E-state index >= 15 is 0 Å². The van der Waals surface area contributed by atoms with Crippen LogP contribution < -0.4 is 5.32 Å². The average molecular weight is 296 g/mol. The van der Waals surface area contributed by atoms with Crippen molar-refractivity contribution < 1.29 is 4.74 Å². The van der Waals surface area contributed by atoms with Crippen LogP contribution in [0.4, 0.5) is 0 Å². The normalized spacial score (nSPS) is 27.1. The van der Waals surface area contributed by atoms with Crippen LogP contribution >= 0.6 is 0 Å². The predicted octanol–water partition coefficient (Wildman–Crippen LogP) is 3.44. The molecule has 0 aromatic rings. The molecular weight excluding hydrogens is 260 g/mol. The van der Waals surface area contributed by atoms with E-state index < -0.39 is 0 Å². The molecule has 1 N–H and O–H groups in total. The topological polar surface area (TPSA) is 24.5 Å². The Kier molecular flexibility index (Phi) is 6.10. The summed E-state index contributed by atoms with van der Waals surface area (Å²) in [6.45, 7) is 11.6. The molecule has 1 atom stereocenters. The fraction of sp³-hybridized carbons (Fsp3) is 1.00. The minimum atomic E-state index is 0.344. The number of hydrogen-bond donors (Lipinski definition) is 1. The van der Waals surface area contributed by atoms with Gasteiger partial charge >= 0.3 is 0 Å². The van der Waals surface area contributed by atoms with Crippen molar-refractivity contribution in [3.8, 4) is 0 Å². The Bertz CT molecular complexity index is 310. The molecule has 2 rings (SSSR count). The number of ether oxygens (including phenoxy) is 1. The lowest BCUT2D eigenvalue weighted by Gasteiger charge is -2.51. The molecule has 1 saturated carbocycles. The molecule has 1 spiro atoms. The minimum Gasteiger partial charge on any atom is -0.385 e. The van der Waals surface area contributed by atoms with Crippen molar-refractivity contribution in [1.82, 2.24) is 10.2 Å². The van der Waals surface area contributed by atoms with Gasteiger partial charge in [0.2, 0.25) is 0 Å². The molecule has 0 aromatic heterocycles. The van der Waals surface area contributed by atoms with Gasteiger partial charge in [0.25, 0.3) is 0 Å². The number of rotatable bonds is 6. The maximum absolute atomic E-state index is 5.30. The summed E-state index contributed by atoms with van der Waals surface area (Å²) in [5, 5.41) is 3.93. The number of piperazine rings is 1. The third-order valence-corrected chi connectivity index (χ3v) is 5.63. The van der Waals surface area contributed by atoms with Crippen LogP contribution in [0.15, 0.2) is 0 Å². The molecule has 1 aliphatic heterocycles. The Balaban J connectivity index is 1.99. The molecule has 2 aliphatic rings. The SMILES string of the molecule is CCC1CNC2(CCCCC2)CN1CC(C)(C)CCOC. The van der Waals surface area contributed by atoms with Gasteiger partial charge in [-0.25, -0.2) is 0 Å². The van der Waals surface area contributed by atoms with Crippen LogP contribution in [0.2, 0.25) is 0 Å². The molecule has 0 bridgehead atoms. The Morgan fingerprint density at radius 3 is 2.57 bits per heavy atom. The van der Waals surface area contributed by atoms with Gasteiger partial charge in [-0.3, -0.25) is 4.90 Å². The van der Waals surface area contributed by atoms with Crippen molar-refractivity contribution in [3.05, 3.63) is 0 Å². The Morgan fingerprint density at radius 1 is 1.24 bits per heavy atom. The van der Waals surface area contributed by atoms with Crippen LogP contribution in [0.25, 0.3) is 0 Å². The lowest BCUT2D eigenvalue weighted by atomic mass is 9.78. The van der Waals surface area contributed by atoms with Crippen LogP contribution in [-0.2, 0) is 4.74 Å². The van der Waals surface area contributed by atoms with Gasteiger partial charge in [0, 0.05) is 44.9 Å². The molecule has 21 heavy (non-hydrogen) atoms. The molecular formula is C18H36N2O. The molecule has 2 fully saturated rings. The standard InChI is InChI=1S/C18H36N2O/c1-5-16-13-19-18(9-7-6-8-10-18)15-20(16)14-17(2,3)11-12-21-4/h16,19H,5-15H2,1-4H3. The van der Waals surface area contributed by atoms with Gasteiger partial charge in [0.1, 0.15) is 0 Å². The van der Waals surface area contributed by atoms with Gasteiger partial charge in [-0.15, -0.1) is 0 Å². The van der Waals surface area contributed by atoms with Crippen molar-refractivity contribution in [3.63, 3.8) is 0 Å². The Labute approximate surface area is 131 Å². The van der Waals surface area contributed by atoms with E-state index in [9.17, 15) is 0 Å². The van der Waals surface area contributed by atoms with E-state index in [4.69, 9.17) is 4.74 Å². The summed E-state index contributed by atoms with van der Waals surface area (Å²) in [5.74, 6) is 0. The van der Waals surface area contributed by atoms with E-state index in [0.717, 1.165) is 13.0 Å². The third-order valence-electron chi connectivity index (χ3n) is 5.63. The van der Waals surface area contributed by atoms with Gasteiger partial charge in [0.05, 0.1) is 0 Å². The smallest absolute Gasteiger partial charge is 0.0467 e. The minimum absolute atomic E-state index is 0.344. The van der Waals surface area contributed by atoms with E-state index in [2.05, 4.69) is 31.0 Å². The highest BCUT2D eigenvalue weighted by atomic mass is 16.5. The highest BCUT2D eigenvalue weighted by Gasteiger charge is 2.40. The van der Waals surface area contributed by atoms with Gasteiger partial charge in [-0.2, -0.15) is 0 Å². The first-order valence-corrected chi connectivity index (χ1v) is 8.98. The summed E-state index contributed by atoms with van der Waals surface area (Å²) in [5.41, 5.74) is 0.762. The summed E-state index contributed by atoms with van der Waals surface area (Å²) in [7, 11) is 1.81. The van der Waals surface area contributed by atoms with Crippen LogP contribution in [0, 0.1) is 5.41 Å². The van der Waals surface area contributed by atoms with Crippen molar-refractivity contribution >= 4 is 0 Å². The van der Waals surface area contributed by atoms with E-state index in [1.807, 2.05) is 7.11 Å². The number of hydrogen-bond acceptors (Lipinski definition) is 3. The fourth-order valence-electron chi connectivity index (χ4n) is 4.20. The summed E-state index contributed by atoms with van der Waals surface area (Å²) < 4.78 is 5.30. The molecule has 3 heteroatoms. The molecule has 3 nitrogen and oxygen atoms in total. The zero-order valence-electron chi connectivity index (χ0n) is 14.7. The second-order valence-electron chi connectivity index (χ2n) is 8.10. The monoisotopic (exact) mass is 296 g/mol. The highest BCUT2D eigenvalue weighted by molar-refractivity contribution is 5.00. The molecule has 1 unspecified atom stereocenters. The van der Waals surface area contributed by atoms with E-state index in [0.29, 0.717) is 17.0 Å². The summed E-state index contributed by atoms with van der Waals surface area (Å²) in [6, 6.07) is 0.708. The van der Waals surface area contributed by atoms with Crippen molar-refractivity contribution in [2.24, 2.45) is 5.41 Å². The van der Waals surface area contributed by atoms with Crippen LogP contribution in [0.3, 0.4) is 0 Å². The number of methoxy groups -OCH3 is 1. The van der Waals surface area contributed by atoms with Crippen LogP contribution in [0.1, 0.15) is 65.7 Å². The first-order valence-electron chi connectivity index (χ1n) is 8.98. The molecule has 0 aromatic carbocycles. The fourth-order valence-corrected chi connectivity index (χ4v) is 4.20. The largest absolute Gasteiger partial charge is 0.385 e. The van der Waals surface area contributed by atoms with Crippen molar-refractivity contribution in [2.45, 2.75) is 77.3 Å². The van der Waals surface area contributed by atoms with Gasteiger partial charge in [-0.05, 0) is 31.1 Å². The highest BCUT2D eigenvalue weighted by Crippen LogP contribution is 2.34. The van der Waals surface area contributed by atoms with Gasteiger partial charge < -0.3 is 10.1 Å². The second kappa shape index (κ2) is 7.43. The molecule has 1 saturated heterocycles. The number of nitrogens with zero attached hydrogens (tertiary/aromatic N) is 1. The van der Waals surface area contributed by atoms with Gasteiger partial charge in [-0.1, -0.05) is 40.0 Å². The molecule has 1 aliphatic carbocycles. The third kappa shape index (κ3) is 4.67. The summed E-state index contributed by atoms with van der Waals surface area (Å²) >= 11 is 0. The lowest BCUT2D eigenvalue weighted by Crippen LogP contribution is -2.65. The van der Waals surface area contributed by atoms with E-state index in [1.54, 1.807) is 0 Å². The molecule has 124 valence electrons. The van der Waals surface area contributed by atoms with Crippen molar-refractivity contribution in [2.75, 3.05) is 33.4 Å². The van der Waals surface area contributed by atoms with E-state index in [1.165, 1.54) is 58.2 Å². The lowest BCUT2D eigenvalue weighted by molar-refractivity contribution is 0.0207. The molecule has 1 heterocycles. The van der Waals surface area contributed by atoms with E-state index in [-0.39, 0.29) is 0 Å². The summed E-state index contributed by atoms with van der Waals surface area (Å²) in [6.07, 6.45) is 9.40. The van der Waals surface area contributed by atoms with Crippen LogP contribution in [-0.4, -0.2) is 49.8 Å². The maximum Gasteiger partial charge on any atom is 0.0467 e. The first kappa shape index (κ1) is 17.2. The number of nitrogens with one attached hydrogen (secondary N) is 1. The average Bonchev–Trinajstić information content (AvgIpc) is 2.46. The zero-order valence-corrected chi connectivity index (χ0v) is 14.7. The predicted molar refractivity (Wildman–Crippen MR) is 89.7 cm³/mol. The molecule has 0 amide bonds. The quantitative estimate of drug-likeness (QED) is 0.812.